The Morgan fingerprint density at radius 2 is 1.85 bits per heavy atom. The summed E-state index contributed by atoms with van der Waals surface area (Å²) in [6.07, 6.45) is 0. The van der Waals surface area contributed by atoms with Crippen LogP contribution in [0, 0.1) is 6.92 Å². The number of hydrogen-bond donors (Lipinski definition) is 1. The molecule has 146 valence electrons. The monoisotopic (exact) mass is 385 g/mol. The summed E-state index contributed by atoms with van der Waals surface area (Å²) in [5, 5.41) is 3.43. The third-order valence-corrected chi connectivity index (χ3v) is 5.98. The zero-order chi connectivity index (χ0) is 19.1. The fraction of sp³-hybridized carbons (Fsp3) is 0.455. The number of aryl methyl sites for hydroxylation is 1. The summed E-state index contributed by atoms with van der Waals surface area (Å²) in [7, 11) is 4.13. The maximum atomic E-state index is 5.78. The van der Waals surface area contributed by atoms with Gasteiger partial charge in [0.05, 0.1) is 18.9 Å². The maximum absolute atomic E-state index is 5.78. The molecule has 3 rings (SSSR count). The number of benzene rings is 2. The maximum Gasteiger partial charge on any atom is 0.0717 e. The fourth-order valence-electron chi connectivity index (χ4n) is 3.18. The summed E-state index contributed by atoms with van der Waals surface area (Å²) in [5.74, 6) is 0. The van der Waals surface area contributed by atoms with Crippen LogP contribution < -0.4 is 10.2 Å². The summed E-state index contributed by atoms with van der Waals surface area (Å²) in [6.45, 7) is 8.84. The number of anilines is 1. The van der Waals surface area contributed by atoms with Crippen molar-refractivity contribution < 1.29 is 4.74 Å². The van der Waals surface area contributed by atoms with Crippen LogP contribution in [0.1, 0.15) is 11.1 Å². The van der Waals surface area contributed by atoms with Gasteiger partial charge in [-0.25, -0.2) is 0 Å². The van der Waals surface area contributed by atoms with Crippen molar-refractivity contribution in [1.82, 2.24) is 10.2 Å². The predicted octanol–water partition coefficient (Wildman–Crippen LogP) is 3.63. The van der Waals surface area contributed by atoms with E-state index in [1.54, 1.807) is 0 Å². The van der Waals surface area contributed by atoms with E-state index in [4.69, 9.17) is 4.74 Å². The Hall–Kier alpha value is -1.53. The normalized spacial score (nSPS) is 14.7. The van der Waals surface area contributed by atoms with Crippen LogP contribution in [0.2, 0.25) is 0 Å². The van der Waals surface area contributed by atoms with Crippen molar-refractivity contribution in [1.29, 1.82) is 0 Å². The minimum Gasteiger partial charge on any atom is -0.375 e. The van der Waals surface area contributed by atoms with Gasteiger partial charge in [0.2, 0.25) is 0 Å². The van der Waals surface area contributed by atoms with Crippen LogP contribution in [0.4, 0.5) is 5.69 Å². The molecule has 4 nitrogen and oxygen atoms in total. The van der Waals surface area contributed by atoms with Gasteiger partial charge in [0.25, 0.3) is 0 Å². The van der Waals surface area contributed by atoms with Crippen molar-refractivity contribution in [3.63, 3.8) is 0 Å². The van der Waals surface area contributed by atoms with Crippen LogP contribution in [0.25, 0.3) is 0 Å². The standard InChI is InChI=1S/C22H31N3OS/c1-18-16-19(17-26-15-14-24(2)3)8-9-21(18)27-22-7-5-4-6-20(22)25-12-10-23-11-13-25/h4-9,16,23H,10-15,17H2,1-3H3. The molecule has 0 unspecified atom stereocenters. The molecule has 27 heavy (non-hydrogen) atoms. The van der Waals surface area contributed by atoms with E-state index < -0.39 is 0 Å². The molecule has 5 heteroatoms. The number of para-hydroxylation sites is 1. The van der Waals surface area contributed by atoms with Gasteiger partial charge >= 0.3 is 0 Å². The highest BCUT2D eigenvalue weighted by molar-refractivity contribution is 7.99. The zero-order valence-corrected chi connectivity index (χ0v) is 17.5. The Labute approximate surface area is 167 Å². The molecule has 1 fully saturated rings. The summed E-state index contributed by atoms with van der Waals surface area (Å²) in [4.78, 5) is 7.27. The van der Waals surface area contributed by atoms with E-state index in [0.717, 1.165) is 39.3 Å². The van der Waals surface area contributed by atoms with Crippen LogP contribution in [0.3, 0.4) is 0 Å². The molecule has 0 amide bonds. The molecular weight excluding hydrogens is 354 g/mol. The minimum atomic E-state index is 0.678. The average molecular weight is 386 g/mol. The van der Waals surface area contributed by atoms with E-state index in [2.05, 4.69) is 78.6 Å². The van der Waals surface area contributed by atoms with Crippen LogP contribution in [0.15, 0.2) is 52.3 Å². The number of piperazine rings is 1. The average Bonchev–Trinajstić information content (AvgIpc) is 2.68. The Balaban J connectivity index is 1.66. The second-order valence-electron chi connectivity index (χ2n) is 7.26. The van der Waals surface area contributed by atoms with E-state index in [1.807, 2.05) is 11.8 Å². The lowest BCUT2D eigenvalue weighted by molar-refractivity contribution is 0.105. The molecule has 0 atom stereocenters. The van der Waals surface area contributed by atoms with Gasteiger partial charge in [-0.3, -0.25) is 0 Å². The number of rotatable bonds is 8. The Kier molecular flexibility index (Phi) is 7.59. The molecule has 1 saturated heterocycles. The third kappa shape index (κ3) is 5.98. The highest BCUT2D eigenvalue weighted by Gasteiger charge is 2.15. The van der Waals surface area contributed by atoms with Crippen LogP contribution in [-0.2, 0) is 11.3 Å². The zero-order valence-electron chi connectivity index (χ0n) is 16.7. The highest BCUT2D eigenvalue weighted by atomic mass is 32.2. The van der Waals surface area contributed by atoms with E-state index >= 15 is 0 Å². The lowest BCUT2D eigenvalue weighted by Gasteiger charge is -2.31. The fourth-order valence-corrected chi connectivity index (χ4v) is 4.22. The molecular formula is C22H31N3OS. The van der Waals surface area contributed by atoms with E-state index in [1.165, 1.54) is 26.6 Å². The number of nitrogens with one attached hydrogen (secondary N) is 1. The number of ether oxygens (including phenoxy) is 1. The Morgan fingerprint density at radius 1 is 1.07 bits per heavy atom. The van der Waals surface area contributed by atoms with Gasteiger partial charge < -0.3 is 19.9 Å². The van der Waals surface area contributed by atoms with Gasteiger partial charge in [-0.2, -0.15) is 0 Å². The van der Waals surface area contributed by atoms with Crippen molar-refractivity contribution in [3.8, 4) is 0 Å². The smallest absolute Gasteiger partial charge is 0.0717 e. The molecule has 1 heterocycles. The van der Waals surface area contributed by atoms with E-state index in [0.29, 0.717) is 6.61 Å². The molecule has 1 aliphatic rings. The third-order valence-electron chi connectivity index (χ3n) is 4.73. The van der Waals surface area contributed by atoms with Gasteiger partial charge in [-0.05, 0) is 50.3 Å². The quantitative estimate of drug-likeness (QED) is 0.701. The summed E-state index contributed by atoms with van der Waals surface area (Å²) >= 11 is 1.87. The Morgan fingerprint density at radius 3 is 2.59 bits per heavy atom. The minimum absolute atomic E-state index is 0.678. The molecule has 1 aliphatic heterocycles. The molecule has 2 aromatic rings. The van der Waals surface area contributed by atoms with Crippen molar-refractivity contribution in [2.24, 2.45) is 0 Å². The predicted molar refractivity (Wildman–Crippen MR) is 115 cm³/mol. The van der Waals surface area contributed by atoms with E-state index in [9.17, 15) is 0 Å². The molecule has 1 N–H and O–H groups in total. The summed E-state index contributed by atoms with van der Waals surface area (Å²) in [5.41, 5.74) is 3.90. The summed E-state index contributed by atoms with van der Waals surface area (Å²) < 4.78 is 5.78. The van der Waals surface area contributed by atoms with Crippen LogP contribution in [0.5, 0.6) is 0 Å². The number of nitrogens with zero attached hydrogens (tertiary/aromatic N) is 2. The SMILES string of the molecule is Cc1cc(COCCN(C)C)ccc1Sc1ccccc1N1CCNCC1. The lowest BCUT2D eigenvalue weighted by atomic mass is 10.1. The second-order valence-corrected chi connectivity index (χ2v) is 8.35. The van der Waals surface area contributed by atoms with Gasteiger partial charge in [0.15, 0.2) is 0 Å². The molecule has 0 radical (unpaired) electrons. The van der Waals surface area contributed by atoms with Gasteiger partial charge in [-0.1, -0.05) is 36.0 Å². The van der Waals surface area contributed by atoms with Gasteiger partial charge in [0, 0.05) is 42.5 Å². The largest absolute Gasteiger partial charge is 0.375 e. The van der Waals surface area contributed by atoms with Crippen molar-refractivity contribution >= 4 is 17.4 Å². The van der Waals surface area contributed by atoms with Crippen molar-refractivity contribution in [2.45, 2.75) is 23.3 Å². The number of hydrogen-bond acceptors (Lipinski definition) is 5. The number of likely N-dealkylation sites (N-methyl/N-ethyl adjacent to an activating group) is 1. The first-order valence-corrected chi connectivity index (χ1v) is 10.5. The van der Waals surface area contributed by atoms with Crippen LogP contribution in [-0.4, -0.2) is 58.3 Å². The van der Waals surface area contributed by atoms with Crippen LogP contribution >= 0.6 is 11.8 Å². The second kappa shape index (κ2) is 10.1. The topological polar surface area (TPSA) is 27.7 Å². The van der Waals surface area contributed by atoms with Gasteiger partial charge in [0.1, 0.15) is 0 Å². The molecule has 0 bridgehead atoms. The molecule has 0 aliphatic carbocycles. The van der Waals surface area contributed by atoms with Crippen molar-refractivity contribution in [3.05, 3.63) is 53.6 Å². The first-order valence-electron chi connectivity index (χ1n) is 9.68. The summed E-state index contributed by atoms with van der Waals surface area (Å²) in [6, 6.07) is 15.4. The molecule has 0 saturated carbocycles. The first-order chi connectivity index (χ1) is 13.1. The lowest BCUT2D eigenvalue weighted by Crippen LogP contribution is -2.43. The highest BCUT2D eigenvalue weighted by Crippen LogP contribution is 2.37. The Bertz CT molecular complexity index is 729. The molecule has 0 aromatic heterocycles. The van der Waals surface area contributed by atoms with Crippen molar-refractivity contribution in [2.75, 3.05) is 58.3 Å². The first kappa shape index (κ1) is 20.2. The molecule has 0 spiro atoms. The van der Waals surface area contributed by atoms with E-state index in [-0.39, 0.29) is 0 Å². The molecule has 2 aromatic carbocycles. The van der Waals surface area contributed by atoms with Gasteiger partial charge in [-0.15, -0.1) is 0 Å².